The second-order valence-corrected chi connectivity index (χ2v) is 3.82. The van der Waals surface area contributed by atoms with E-state index in [1.807, 2.05) is 13.8 Å². The number of rotatable bonds is 8. The molecule has 0 heterocycles. The van der Waals surface area contributed by atoms with Crippen LogP contribution in [-0.4, -0.2) is 37.0 Å². The van der Waals surface area contributed by atoms with E-state index in [9.17, 15) is 4.79 Å². The van der Waals surface area contributed by atoms with E-state index in [0.29, 0.717) is 19.6 Å². The van der Waals surface area contributed by atoms with Crippen LogP contribution in [0.15, 0.2) is 0 Å². The first kappa shape index (κ1) is 13.4. The van der Waals surface area contributed by atoms with Crippen LogP contribution in [0.4, 0.5) is 0 Å². The Hall–Kier alpha value is -0.610. The minimum atomic E-state index is -0.772. The summed E-state index contributed by atoms with van der Waals surface area (Å²) in [5.74, 6) is -0.772. The smallest absolute Gasteiger partial charge is 0.303 e. The summed E-state index contributed by atoms with van der Waals surface area (Å²) >= 11 is 0. The zero-order valence-corrected chi connectivity index (χ0v) is 9.21. The molecule has 0 saturated heterocycles. The fourth-order valence-corrected chi connectivity index (χ4v) is 0.848. The van der Waals surface area contributed by atoms with E-state index in [1.54, 1.807) is 7.11 Å². The summed E-state index contributed by atoms with van der Waals surface area (Å²) in [6.07, 6.45) is 1.56. The Morgan fingerprint density at radius 2 is 2.00 bits per heavy atom. The molecule has 84 valence electrons. The molecule has 0 unspecified atom stereocenters. The van der Waals surface area contributed by atoms with Crippen LogP contribution in [0.5, 0.6) is 0 Å². The van der Waals surface area contributed by atoms with E-state index < -0.39 is 5.97 Å². The minimum absolute atomic E-state index is 0.160. The predicted octanol–water partition coefficient (Wildman–Crippen LogP) is 1.68. The molecule has 0 amide bonds. The van der Waals surface area contributed by atoms with Gasteiger partial charge in [0.25, 0.3) is 0 Å². The molecule has 0 aliphatic heterocycles. The lowest BCUT2D eigenvalue weighted by atomic mass is 10.1. The van der Waals surface area contributed by atoms with Gasteiger partial charge >= 0.3 is 5.97 Å². The normalized spacial score (nSPS) is 11.6. The summed E-state index contributed by atoms with van der Waals surface area (Å²) in [5, 5.41) is 8.36. The Balaban J connectivity index is 3.25. The third-order valence-electron chi connectivity index (χ3n) is 2.08. The van der Waals surface area contributed by atoms with Gasteiger partial charge in [0.15, 0.2) is 0 Å². The van der Waals surface area contributed by atoms with Crippen molar-refractivity contribution in [1.29, 1.82) is 0 Å². The first-order valence-electron chi connectivity index (χ1n) is 4.82. The highest BCUT2D eigenvalue weighted by Crippen LogP contribution is 2.12. The van der Waals surface area contributed by atoms with E-state index in [4.69, 9.17) is 14.6 Å². The maximum atomic E-state index is 10.2. The Kier molecular flexibility index (Phi) is 6.49. The second-order valence-electron chi connectivity index (χ2n) is 3.82. The first-order chi connectivity index (χ1) is 6.48. The summed E-state index contributed by atoms with van der Waals surface area (Å²) in [5.41, 5.74) is -0.160. The van der Waals surface area contributed by atoms with E-state index in [2.05, 4.69) is 0 Å². The molecular formula is C10H20O4. The van der Waals surface area contributed by atoms with Crippen molar-refractivity contribution in [1.82, 2.24) is 0 Å². The van der Waals surface area contributed by atoms with Gasteiger partial charge in [-0.05, 0) is 26.7 Å². The molecule has 1 N–H and O–H groups in total. The molecule has 0 saturated carbocycles. The van der Waals surface area contributed by atoms with Crippen LogP contribution in [-0.2, 0) is 14.3 Å². The third kappa shape index (κ3) is 8.01. The van der Waals surface area contributed by atoms with E-state index in [0.717, 1.165) is 6.42 Å². The Morgan fingerprint density at radius 3 is 2.50 bits per heavy atom. The average molecular weight is 204 g/mol. The van der Waals surface area contributed by atoms with Crippen molar-refractivity contribution in [2.24, 2.45) is 0 Å². The van der Waals surface area contributed by atoms with Gasteiger partial charge in [0.05, 0.1) is 5.60 Å². The predicted molar refractivity (Wildman–Crippen MR) is 53.4 cm³/mol. The zero-order chi connectivity index (χ0) is 11.0. The number of carboxylic acids is 1. The molecule has 0 aromatic carbocycles. The fourth-order valence-electron chi connectivity index (χ4n) is 0.848. The van der Waals surface area contributed by atoms with Crippen molar-refractivity contribution in [3.8, 4) is 0 Å². The Bertz CT molecular complexity index is 166. The molecule has 0 atom stereocenters. The quantitative estimate of drug-likeness (QED) is 0.611. The summed E-state index contributed by atoms with van der Waals surface area (Å²) in [4.78, 5) is 10.2. The second kappa shape index (κ2) is 6.79. The Labute approximate surface area is 85.2 Å². The highest BCUT2D eigenvalue weighted by atomic mass is 16.5. The van der Waals surface area contributed by atoms with Crippen LogP contribution in [0.25, 0.3) is 0 Å². The molecule has 0 rings (SSSR count). The number of aliphatic carboxylic acids is 1. The molecule has 0 bridgehead atoms. The molecule has 0 aromatic heterocycles. The van der Waals surface area contributed by atoms with Gasteiger partial charge in [-0.1, -0.05) is 0 Å². The molecular weight excluding hydrogens is 184 g/mol. The van der Waals surface area contributed by atoms with Crippen LogP contribution in [0, 0.1) is 0 Å². The molecule has 4 heteroatoms. The average Bonchev–Trinajstić information content (AvgIpc) is 2.10. The van der Waals surface area contributed by atoms with Crippen LogP contribution < -0.4 is 0 Å². The van der Waals surface area contributed by atoms with Crippen LogP contribution in [0.1, 0.15) is 33.1 Å². The van der Waals surface area contributed by atoms with E-state index in [-0.39, 0.29) is 12.0 Å². The van der Waals surface area contributed by atoms with Gasteiger partial charge in [-0.3, -0.25) is 4.79 Å². The molecule has 0 aliphatic carbocycles. The van der Waals surface area contributed by atoms with E-state index in [1.165, 1.54) is 0 Å². The van der Waals surface area contributed by atoms with Gasteiger partial charge in [0.1, 0.15) is 0 Å². The maximum Gasteiger partial charge on any atom is 0.303 e. The number of carboxylic acid groups (broad SMARTS) is 1. The summed E-state index contributed by atoms with van der Waals surface area (Å²) in [6.45, 7) is 5.10. The number of hydrogen-bond donors (Lipinski definition) is 1. The van der Waals surface area contributed by atoms with Gasteiger partial charge in [-0.2, -0.15) is 0 Å². The van der Waals surface area contributed by atoms with Crippen molar-refractivity contribution >= 4 is 5.97 Å². The van der Waals surface area contributed by atoms with E-state index >= 15 is 0 Å². The molecule has 14 heavy (non-hydrogen) atoms. The summed E-state index contributed by atoms with van der Waals surface area (Å²) < 4.78 is 10.5. The molecule has 0 radical (unpaired) electrons. The maximum absolute atomic E-state index is 10.2. The number of carbonyl (C=O) groups is 1. The molecule has 0 spiro atoms. The van der Waals surface area contributed by atoms with Gasteiger partial charge in [-0.15, -0.1) is 0 Å². The number of hydrogen-bond acceptors (Lipinski definition) is 3. The highest BCUT2D eigenvalue weighted by Gasteiger charge is 2.15. The SMILES string of the molecule is COC(C)(C)CCOCCCC(=O)O. The van der Waals surface area contributed by atoms with Crippen molar-refractivity contribution in [2.45, 2.75) is 38.7 Å². The van der Waals surface area contributed by atoms with Gasteiger partial charge in [-0.25, -0.2) is 0 Å². The van der Waals surface area contributed by atoms with Crippen molar-refractivity contribution in [2.75, 3.05) is 20.3 Å². The lowest BCUT2D eigenvalue weighted by molar-refractivity contribution is -0.137. The van der Waals surface area contributed by atoms with Gasteiger partial charge in [0.2, 0.25) is 0 Å². The molecule has 0 aliphatic rings. The molecule has 0 fully saturated rings. The minimum Gasteiger partial charge on any atom is -0.481 e. The summed E-state index contributed by atoms with van der Waals surface area (Å²) in [6, 6.07) is 0. The van der Waals surface area contributed by atoms with Crippen molar-refractivity contribution < 1.29 is 19.4 Å². The summed E-state index contributed by atoms with van der Waals surface area (Å²) in [7, 11) is 1.67. The van der Waals surface area contributed by atoms with Crippen molar-refractivity contribution in [3.63, 3.8) is 0 Å². The van der Waals surface area contributed by atoms with Crippen molar-refractivity contribution in [3.05, 3.63) is 0 Å². The third-order valence-corrected chi connectivity index (χ3v) is 2.08. The highest BCUT2D eigenvalue weighted by molar-refractivity contribution is 5.66. The standard InChI is InChI=1S/C10H20O4/c1-10(2,13-3)6-8-14-7-4-5-9(11)12/h4-8H2,1-3H3,(H,11,12). The first-order valence-corrected chi connectivity index (χ1v) is 4.82. The lowest BCUT2D eigenvalue weighted by Gasteiger charge is -2.22. The lowest BCUT2D eigenvalue weighted by Crippen LogP contribution is -2.24. The molecule has 0 aromatic rings. The van der Waals surface area contributed by atoms with Crippen LogP contribution in [0.3, 0.4) is 0 Å². The largest absolute Gasteiger partial charge is 0.481 e. The number of methoxy groups -OCH3 is 1. The molecule has 4 nitrogen and oxygen atoms in total. The fraction of sp³-hybridized carbons (Fsp3) is 0.900. The topological polar surface area (TPSA) is 55.8 Å². The van der Waals surface area contributed by atoms with Gasteiger partial charge < -0.3 is 14.6 Å². The van der Waals surface area contributed by atoms with Crippen LogP contribution in [0.2, 0.25) is 0 Å². The number of ether oxygens (including phenoxy) is 2. The monoisotopic (exact) mass is 204 g/mol. The van der Waals surface area contributed by atoms with Crippen LogP contribution >= 0.6 is 0 Å². The zero-order valence-electron chi connectivity index (χ0n) is 9.21. The van der Waals surface area contributed by atoms with Gasteiger partial charge in [0, 0.05) is 26.7 Å². The Morgan fingerprint density at radius 1 is 1.36 bits per heavy atom.